The first-order valence-corrected chi connectivity index (χ1v) is 8.80. The van der Waals surface area contributed by atoms with Crippen molar-refractivity contribution in [3.63, 3.8) is 0 Å². The highest BCUT2D eigenvalue weighted by molar-refractivity contribution is 7.89. The third-order valence-electron chi connectivity index (χ3n) is 2.78. The number of pyridine rings is 1. The molecule has 0 aliphatic heterocycles. The summed E-state index contributed by atoms with van der Waals surface area (Å²) in [4.78, 5) is 4.36. The second kappa shape index (κ2) is 6.26. The molecule has 112 valence electrons. The molecule has 2 rings (SSSR count). The van der Waals surface area contributed by atoms with Crippen LogP contribution in [0.3, 0.4) is 0 Å². The Hall–Kier alpha value is -1.88. The fraction of sp³-hybridized carbons (Fsp3) is 0.312. The maximum atomic E-state index is 11.3. The number of hydrogen-bond acceptors (Lipinski definition) is 4. The maximum Gasteiger partial charge on any atom is 0.151 e. The lowest BCUT2D eigenvalue weighted by molar-refractivity contribution is 0.243. The fourth-order valence-electron chi connectivity index (χ4n) is 2.01. The van der Waals surface area contributed by atoms with Crippen molar-refractivity contribution in [3.05, 3.63) is 48.2 Å². The highest BCUT2D eigenvalue weighted by Gasteiger charge is 2.10. The number of benzene rings is 1. The summed E-state index contributed by atoms with van der Waals surface area (Å²) in [6, 6.07) is 11.3. The molecule has 1 heterocycles. The van der Waals surface area contributed by atoms with Gasteiger partial charge in [0.2, 0.25) is 0 Å². The molecule has 0 saturated heterocycles. The number of ether oxygens (including phenoxy) is 1. The first kappa shape index (κ1) is 15.5. The summed E-state index contributed by atoms with van der Waals surface area (Å²) in [6.45, 7) is 3.94. The maximum absolute atomic E-state index is 11.3. The highest BCUT2D eigenvalue weighted by atomic mass is 32.2. The first-order chi connectivity index (χ1) is 9.85. The molecule has 0 fully saturated rings. The van der Waals surface area contributed by atoms with E-state index in [0.717, 1.165) is 17.0 Å². The Kier molecular flexibility index (Phi) is 4.63. The number of aromatic nitrogens is 1. The van der Waals surface area contributed by atoms with Gasteiger partial charge in [-0.1, -0.05) is 18.2 Å². The zero-order valence-corrected chi connectivity index (χ0v) is 13.2. The van der Waals surface area contributed by atoms with Gasteiger partial charge in [0.25, 0.3) is 0 Å². The average Bonchev–Trinajstić information content (AvgIpc) is 2.38. The summed E-state index contributed by atoms with van der Waals surface area (Å²) in [5.74, 6) is 0.778. The van der Waals surface area contributed by atoms with Gasteiger partial charge in [-0.3, -0.25) is 4.98 Å². The van der Waals surface area contributed by atoms with Crippen LogP contribution in [0.25, 0.3) is 11.3 Å². The van der Waals surface area contributed by atoms with Crippen LogP contribution in [0, 0.1) is 0 Å². The lowest BCUT2D eigenvalue weighted by Crippen LogP contribution is -2.06. The number of rotatable bonds is 5. The molecular formula is C16H19NO3S. The van der Waals surface area contributed by atoms with E-state index >= 15 is 0 Å². The summed E-state index contributed by atoms with van der Waals surface area (Å²) in [5, 5.41) is 0. The quantitative estimate of drug-likeness (QED) is 0.852. The Balaban J connectivity index is 2.31. The first-order valence-electron chi connectivity index (χ1n) is 6.74. The van der Waals surface area contributed by atoms with Crippen molar-refractivity contribution >= 4 is 9.84 Å². The zero-order valence-electron chi connectivity index (χ0n) is 12.4. The van der Waals surface area contributed by atoms with Gasteiger partial charge in [0.05, 0.1) is 17.6 Å². The van der Waals surface area contributed by atoms with E-state index in [1.807, 2.05) is 44.2 Å². The molecule has 21 heavy (non-hydrogen) atoms. The Morgan fingerprint density at radius 3 is 2.43 bits per heavy atom. The third-order valence-corrected chi connectivity index (χ3v) is 3.64. The fourth-order valence-corrected chi connectivity index (χ4v) is 2.78. The van der Waals surface area contributed by atoms with Crippen molar-refractivity contribution in [2.24, 2.45) is 0 Å². The smallest absolute Gasteiger partial charge is 0.151 e. The average molecular weight is 305 g/mol. The van der Waals surface area contributed by atoms with Crippen molar-refractivity contribution in [1.82, 2.24) is 4.98 Å². The van der Waals surface area contributed by atoms with Crippen molar-refractivity contribution in [2.45, 2.75) is 25.7 Å². The van der Waals surface area contributed by atoms with Gasteiger partial charge in [0.15, 0.2) is 9.84 Å². The van der Waals surface area contributed by atoms with Crippen molar-refractivity contribution < 1.29 is 13.2 Å². The van der Waals surface area contributed by atoms with E-state index in [0.29, 0.717) is 5.56 Å². The van der Waals surface area contributed by atoms with Gasteiger partial charge in [-0.25, -0.2) is 8.42 Å². The molecule has 0 atom stereocenters. The second-order valence-corrected chi connectivity index (χ2v) is 7.42. The predicted octanol–water partition coefficient (Wildman–Crippen LogP) is 3.08. The third kappa shape index (κ3) is 4.56. The summed E-state index contributed by atoms with van der Waals surface area (Å²) >= 11 is 0. The molecule has 0 saturated carbocycles. The van der Waals surface area contributed by atoms with E-state index < -0.39 is 9.84 Å². The van der Waals surface area contributed by atoms with Crippen LogP contribution in [0.1, 0.15) is 19.4 Å². The van der Waals surface area contributed by atoms with E-state index in [9.17, 15) is 8.42 Å². The van der Waals surface area contributed by atoms with E-state index in [-0.39, 0.29) is 11.9 Å². The summed E-state index contributed by atoms with van der Waals surface area (Å²) < 4.78 is 28.3. The molecule has 0 amide bonds. The van der Waals surface area contributed by atoms with Crippen LogP contribution in [-0.4, -0.2) is 25.8 Å². The number of nitrogens with zero attached hydrogens (tertiary/aromatic N) is 1. The SMILES string of the molecule is CC(C)Oc1ccccc1-c1ccc(CS(C)(=O)=O)cn1. The lowest BCUT2D eigenvalue weighted by atomic mass is 10.1. The predicted molar refractivity (Wildman–Crippen MR) is 84.0 cm³/mol. The minimum absolute atomic E-state index is 0.00439. The topological polar surface area (TPSA) is 56.3 Å². The van der Waals surface area contributed by atoms with Gasteiger partial charge in [-0.05, 0) is 37.6 Å². The van der Waals surface area contributed by atoms with Crippen molar-refractivity contribution in [1.29, 1.82) is 0 Å². The molecule has 0 N–H and O–H groups in total. The molecule has 0 unspecified atom stereocenters. The highest BCUT2D eigenvalue weighted by Crippen LogP contribution is 2.29. The van der Waals surface area contributed by atoms with Gasteiger partial charge in [-0.2, -0.15) is 0 Å². The second-order valence-electron chi connectivity index (χ2n) is 5.28. The van der Waals surface area contributed by atoms with Crippen LogP contribution in [0.4, 0.5) is 0 Å². The van der Waals surface area contributed by atoms with E-state index in [1.165, 1.54) is 6.26 Å². The molecule has 0 aliphatic carbocycles. The van der Waals surface area contributed by atoms with Crippen LogP contribution in [0.15, 0.2) is 42.6 Å². The molecule has 2 aromatic rings. The number of hydrogen-bond donors (Lipinski definition) is 0. The van der Waals surface area contributed by atoms with Crippen LogP contribution < -0.4 is 4.74 Å². The Morgan fingerprint density at radius 1 is 1.14 bits per heavy atom. The van der Waals surface area contributed by atoms with Crippen LogP contribution >= 0.6 is 0 Å². The molecule has 0 radical (unpaired) electrons. The van der Waals surface area contributed by atoms with Crippen LogP contribution in [-0.2, 0) is 15.6 Å². The van der Waals surface area contributed by atoms with Crippen molar-refractivity contribution in [2.75, 3.05) is 6.26 Å². The number of sulfone groups is 1. The molecule has 4 nitrogen and oxygen atoms in total. The summed E-state index contributed by atoms with van der Waals surface area (Å²) in [6.07, 6.45) is 2.89. The molecule has 0 spiro atoms. The van der Waals surface area contributed by atoms with Crippen LogP contribution in [0.5, 0.6) is 5.75 Å². The summed E-state index contributed by atoms with van der Waals surface area (Å²) in [5.41, 5.74) is 2.35. The Morgan fingerprint density at radius 2 is 1.86 bits per heavy atom. The largest absolute Gasteiger partial charge is 0.490 e. The van der Waals surface area contributed by atoms with Gasteiger partial charge in [0, 0.05) is 18.0 Å². The standard InChI is InChI=1S/C16H19NO3S/c1-12(2)20-16-7-5-4-6-14(16)15-9-8-13(10-17-15)11-21(3,18)19/h4-10,12H,11H2,1-3H3. The monoisotopic (exact) mass is 305 g/mol. The minimum atomic E-state index is -3.04. The van der Waals surface area contributed by atoms with Gasteiger partial charge >= 0.3 is 0 Å². The zero-order chi connectivity index (χ0) is 15.5. The lowest BCUT2D eigenvalue weighted by Gasteiger charge is -2.14. The van der Waals surface area contributed by atoms with Crippen LogP contribution in [0.2, 0.25) is 0 Å². The van der Waals surface area contributed by atoms with Crippen molar-refractivity contribution in [3.8, 4) is 17.0 Å². The normalized spacial score (nSPS) is 11.6. The van der Waals surface area contributed by atoms with Gasteiger partial charge < -0.3 is 4.74 Å². The molecule has 1 aromatic carbocycles. The van der Waals surface area contributed by atoms with E-state index in [4.69, 9.17) is 4.74 Å². The van der Waals surface area contributed by atoms with E-state index in [1.54, 1.807) is 12.3 Å². The van der Waals surface area contributed by atoms with Gasteiger partial charge in [-0.15, -0.1) is 0 Å². The Bertz CT molecular complexity index is 707. The minimum Gasteiger partial charge on any atom is -0.490 e. The molecule has 0 aliphatic rings. The summed E-state index contributed by atoms with van der Waals surface area (Å²) in [7, 11) is -3.04. The molecular weight excluding hydrogens is 286 g/mol. The van der Waals surface area contributed by atoms with E-state index in [2.05, 4.69) is 4.98 Å². The van der Waals surface area contributed by atoms with Gasteiger partial charge in [0.1, 0.15) is 5.75 Å². The Labute approximate surface area is 125 Å². The molecule has 1 aromatic heterocycles. The molecule has 0 bridgehead atoms. The molecule has 5 heteroatoms. The number of para-hydroxylation sites is 1.